The van der Waals surface area contributed by atoms with Crippen LogP contribution < -0.4 is 5.32 Å². The number of carboxylic acid groups (broad SMARTS) is 1. The van der Waals surface area contributed by atoms with Crippen molar-refractivity contribution >= 4 is 11.8 Å². The Labute approximate surface area is 94.1 Å². The van der Waals surface area contributed by atoms with Gasteiger partial charge in [0.25, 0.3) is 0 Å². The van der Waals surface area contributed by atoms with Crippen LogP contribution in [-0.2, 0) is 0 Å². The molecule has 0 spiro atoms. The van der Waals surface area contributed by atoms with Crippen LogP contribution in [0.25, 0.3) is 0 Å². The van der Waals surface area contributed by atoms with Crippen molar-refractivity contribution in [2.75, 3.05) is 18.9 Å². The van der Waals surface area contributed by atoms with Gasteiger partial charge in [0.05, 0.1) is 11.2 Å². The van der Waals surface area contributed by atoms with Crippen LogP contribution in [0.15, 0.2) is 24.5 Å². The molecule has 2 N–H and O–H groups in total. The van der Waals surface area contributed by atoms with Crippen molar-refractivity contribution in [2.45, 2.75) is 18.4 Å². The highest BCUT2D eigenvalue weighted by molar-refractivity contribution is 5.66. The van der Waals surface area contributed by atoms with Gasteiger partial charge in [0.1, 0.15) is 0 Å². The summed E-state index contributed by atoms with van der Waals surface area (Å²) in [7, 11) is 1.63. The topological polar surface area (TPSA) is 65.5 Å². The van der Waals surface area contributed by atoms with Gasteiger partial charge < -0.3 is 15.3 Å². The molecule has 1 aromatic rings. The molecule has 1 amide bonds. The summed E-state index contributed by atoms with van der Waals surface area (Å²) in [6.07, 6.45) is 4.41. The number of likely N-dealkylation sites (N-methyl/N-ethyl adjacent to an activating group) is 1. The minimum atomic E-state index is -0.870. The molecule has 2 rings (SSSR count). The summed E-state index contributed by atoms with van der Waals surface area (Å²) in [4.78, 5) is 16.3. The van der Waals surface area contributed by atoms with E-state index in [4.69, 9.17) is 5.11 Å². The number of nitrogens with zero attached hydrogens (tertiary/aromatic N) is 2. The first-order valence-corrected chi connectivity index (χ1v) is 5.25. The lowest BCUT2D eigenvalue weighted by molar-refractivity contribution is 0.135. The fourth-order valence-corrected chi connectivity index (χ4v) is 1.71. The van der Waals surface area contributed by atoms with Gasteiger partial charge in [0.2, 0.25) is 0 Å². The molecule has 0 unspecified atom stereocenters. The average Bonchev–Trinajstić information content (AvgIpc) is 3.08. The zero-order valence-corrected chi connectivity index (χ0v) is 9.18. The molecule has 0 saturated heterocycles. The molecule has 0 atom stereocenters. The maximum atomic E-state index is 10.9. The van der Waals surface area contributed by atoms with E-state index in [0.717, 1.165) is 18.5 Å². The third-order valence-electron chi connectivity index (χ3n) is 3.11. The smallest absolute Gasteiger partial charge is 0.407 e. The number of anilines is 1. The summed E-state index contributed by atoms with van der Waals surface area (Å²) < 4.78 is 0. The molecule has 1 heterocycles. The third-order valence-corrected chi connectivity index (χ3v) is 3.11. The molecule has 5 nitrogen and oxygen atoms in total. The Balaban J connectivity index is 1.93. The minimum absolute atomic E-state index is 0.221. The van der Waals surface area contributed by atoms with E-state index in [9.17, 15) is 4.79 Å². The van der Waals surface area contributed by atoms with E-state index in [1.807, 2.05) is 12.1 Å². The molecule has 1 fully saturated rings. The standard InChI is InChI=1S/C11H15N3O2/c1-14(10(15)16)11(4-5-11)8-13-9-3-2-6-12-7-9/h2-3,6-7,13H,4-5,8H2,1H3,(H,15,16). The monoisotopic (exact) mass is 221 g/mol. The fourth-order valence-electron chi connectivity index (χ4n) is 1.71. The minimum Gasteiger partial charge on any atom is -0.465 e. The summed E-state index contributed by atoms with van der Waals surface area (Å²) in [5.74, 6) is 0. The van der Waals surface area contributed by atoms with E-state index >= 15 is 0 Å². The van der Waals surface area contributed by atoms with E-state index in [2.05, 4.69) is 10.3 Å². The number of carbonyl (C=O) groups is 1. The lowest BCUT2D eigenvalue weighted by atomic mass is 10.2. The Morgan fingerprint density at radius 1 is 1.69 bits per heavy atom. The number of aromatic nitrogens is 1. The highest BCUT2D eigenvalue weighted by atomic mass is 16.4. The predicted octanol–water partition coefficient (Wildman–Crippen LogP) is 1.64. The van der Waals surface area contributed by atoms with Gasteiger partial charge in [-0.3, -0.25) is 4.98 Å². The first kappa shape index (κ1) is 10.7. The summed E-state index contributed by atoms with van der Waals surface area (Å²) in [6.45, 7) is 0.640. The van der Waals surface area contributed by atoms with E-state index in [-0.39, 0.29) is 5.54 Å². The number of hydrogen-bond donors (Lipinski definition) is 2. The van der Waals surface area contributed by atoms with Crippen LogP contribution in [0.5, 0.6) is 0 Å². The van der Waals surface area contributed by atoms with E-state index in [1.54, 1.807) is 19.4 Å². The Kier molecular flexibility index (Phi) is 2.68. The van der Waals surface area contributed by atoms with E-state index in [1.165, 1.54) is 4.90 Å². The largest absolute Gasteiger partial charge is 0.465 e. The average molecular weight is 221 g/mol. The normalized spacial score (nSPS) is 16.6. The molecule has 1 aliphatic rings. The van der Waals surface area contributed by atoms with Crippen molar-refractivity contribution in [3.05, 3.63) is 24.5 Å². The van der Waals surface area contributed by atoms with E-state index in [0.29, 0.717) is 6.54 Å². The SMILES string of the molecule is CN(C(=O)O)C1(CNc2cccnc2)CC1. The number of rotatable bonds is 4. The second-order valence-corrected chi connectivity index (χ2v) is 4.16. The van der Waals surface area contributed by atoms with E-state index < -0.39 is 6.09 Å². The van der Waals surface area contributed by atoms with Gasteiger partial charge in [-0.2, -0.15) is 0 Å². The van der Waals surface area contributed by atoms with Crippen LogP contribution in [-0.4, -0.2) is 40.2 Å². The Bertz CT molecular complexity index is 376. The van der Waals surface area contributed by atoms with Crippen LogP contribution >= 0.6 is 0 Å². The fraction of sp³-hybridized carbons (Fsp3) is 0.455. The summed E-state index contributed by atoms with van der Waals surface area (Å²) >= 11 is 0. The maximum absolute atomic E-state index is 10.9. The maximum Gasteiger partial charge on any atom is 0.407 e. The molecule has 0 aromatic carbocycles. The van der Waals surface area contributed by atoms with Crippen molar-refractivity contribution in [1.82, 2.24) is 9.88 Å². The molecule has 1 saturated carbocycles. The second-order valence-electron chi connectivity index (χ2n) is 4.16. The van der Waals surface area contributed by atoms with Crippen LogP contribution in [0.3, 0.4) is 0 Å². The molecular formula is C11H15N3O2. The second kappa shape index (κ2) is 4.00. The van der Waals surface area contributed by atoms with Crippen LogP contribution in [0.1, 0.15) is 12.8 Å². The molecule has 5 heteroatoms. The molecule has 1 aliphatic carbocycles. The van der Waals surface area contributed by atoms with Gasteiger partial charge >= 0.3 is 6.09 Å². The first-order chi connectivity index (χ1) is 7.64. The molecule has 1 aromatic heterocycles. The van der Waals surface area contributed by atoms with Crippen LogP contribution in [0.2, 0.25) is 0 Å². The van der Waals surface area contributed by atoms with Crippen LogP contribution in [0.4, 0.5) is 10.5 Å². The van der Waals surface area contributed by atoms with Gasteiger partial charge in [0, 0.05) is 26.0 Å². The Hall–Kier alpha value is -1.78. The number of pyridine rings is 1. The van der Waals surface area contributed by atoms with Gasteiger partial charge in [-0.05, 0) is 25.0 Å². The molecule has 0 radical (unpaired) electrons. The Morgan fingerprint density at radius 3 is 2.94 bits per heavy atom. The first-order valence-electron chi connectivity index (χ1n) is 5.25. The van der Waals surface area contributed by atoms with Crippen molar-refractivity contribution < 1.29 is 9.90 Å². The molecule has 16 heavy (non-hydrogen) atoms. The highest BCUT2D eigenvalue weighted by Crippen LogP contribution is 2.40. The Morgan fingerprint density at radius 2 is 2.44 bits per heavy atom. The number of nitrogens with one attached hydrogen (secondary N) is 1. The zero-order chi connectivity index (χ0) is 11.6. The van der Waals surface area contributed by atoms with Crippen LogP contribution in [0, 0.1) is 0 Å². The van der Waals surface area contributed by atoms with Gasteiger partial charge in [-0.1, -0.05) is 0 Å². The predicted molar refractivity (Wildman–Crippen MR) is 60.5 cm³/mol. The molecule has 0 aliphatic heterocycles. The summed E-state index contributed by atoms with van der Waals surface area (Å²) in [5.41, 5.74) is 0.703. The van der Waals surface area contributed by atoms with Gasteiger partial charge in [-0.15, -0.1) is 0 Å². The highest BCUT2D eigenvalue weighted by Gasteiger charge is 2.48. The third kappa shape index (κ3) is 2.08. The quantitative estimate of drug-likeness (QED) is 0.811. The number of hydrogen-bond acceptors (Lipinski definition) is 3. The van der Waals surface area contributed by atoms with Crippen molar-refractivity contribution in [1.29, 1.82) is 0 Å². The number of amides is 1. The molecular weight excluding hydrogens is 206 g/mol. The zero-order valence-electron chi connectivity index (χ0n) is 9.18. The lowest BCUT2D eigenvalue weighted by Crippen LogP contribution is -2.42. The molecule has 86 valence electrons. The lowest BCUT2D eigenvalue weighted by Gasteiger charge is -2.25. The van der Waals surface area contributed by atoms with Crippen molar-refractivity contribution in [3.63, 3.8) is 0 Å². The molecule has 0 bridgehead atoms. The van der Waals surface area contributed by atoms with Gasteiger partial charge in [0.15, 0.2) is 0 Å². The van der Waals surface area contributed by atoms with Gasteiger partial charge in [-0.25, -0.2) is 4.79 Å². The summed E-state index contributed by atoms with van der Waals surface area (Å²) in [6, 6.07) is 3.77. The van der Waals surface area contributed by atoms with Crippen molar-refractivity contribution in [3.8, 4) is 0 Å². The van der Waals surface area contributed by atoms with Crippen molar-refractivity contribution in [2.24, 2.45) is 0 Å². The summed E-state index contributed by atoms with van der Waals surface area (Å²) in [5, 5.41) is 12.2.